The molecule has 2 heterocycles. The second kappa shape index (κ2) is 9.36. The fourth-order valence-electron chi connectivity index (χ4n) is 4.09. The number of hydrogen-bond acceptors (Lipinski definition) is 5. The highest BCUT2D eigenvalue weighted by Gasteiger charge is 2.44. The molecule has 7 heteroatoms. The van der Waals surface area contributed by atoms with Gasteiger partial charge in [0.05, 0.1) is 28.5 Å². The molecule has 0 unspecified atom stereocenters. The smallest absolute Gasteiger partial charge is 0.243 e. The minimum Gasteiger partial charge on any atom is -0.342 e. The van der Waals surface area contributed by atoms with Gasteiger partial charge >= 0.3 is 0 Å². The van der Waals surface area contributed by atoms with E-state index < -0.39 is 17.2 Å². The third kappa shape index (κ3) is 4.68. The summed E-state index contributed by atoms with van der Waals surface area (Å²) in [6.07, 6.45) is 2.99. The number of likely N-dealkylation sites (tertiary alicyclic amines) is 1. The highest BCUT2D eigenvalue weighted by Crippen LogP contribution is 2.41. The molecule has 1 N–H and O–H groups in total. The summed E-state index contributed by atoms with van der Waals surface area (Å²) < 4.78 is 0. The Labute approximate surface area is 181 Å². The Morgan fingerprint density at radius 2 is 1.90 bits per heavy atom. The molecule has 1 aromatic carbocycles. The van der Waals surface area contributed by atoms with Crippen molar-refractivity contribution in [1.82, 2.24) is 10.2 Å². The summed E-state index contributed by atoms with van der Waals surface area (Å²) in [5.74, 6) is -0.581. The van der Waals surface area contributed by atoms with Gasteiger partial charge in [-0.25, -0.2) is 0 Å². The minimum atomic E-state index is -0.921. The molecule has 0 aliphatic carbocycles. The van der Waals surface area contributed by atoms with Crippen LogP contribution in [0.3, 0.4) is 0 Å². The molecule has 1 aromatic rings. The average molecular weight is 423 g/mol. The van der Waals surface area contributed by atoms with Crippen molar-refractivity contribution in [2.75, 3.05) is 18.8 Å². The number of carbonyl (C=O) groups is 2. The molecule has 6 nitrogen and oxygen atoms in total. The maximum Gasteiger partial charge on any atom is 0.243 e. The first kappa shape index (κ1) is 21.9. The van der Waals surface area contributed by atoms with Gasteiger partial charge in [0.25, 0.3) is 0 Å². The Morgan fingerprint density at radius 3 is 2.50 bits per heavy atom. The molecule has 0 bridgehead atoms. The predicted molar refractivity (Wildman–Crippen MR) is 116 cm³/mol. The first-order chi connectivity index (χ1) is 14.4. The number of amides is 2. The van der Waals surface area contributed by atoms with Gasteiger partial charge < -0.3 is 10.2 Å². The van der Waals surface area contributed by atoms with Crippen LogP contribution in [-0.2, 0) is 16.0 Å². The highest BCUT2D eigenvalue weighted by atomic mass is 32.2. The molecule has 0 aromatic heterocycles. The molecule has 0 saturated carbocycles. The summed E-state index contributed by atoms with van der Waals surface area (Å²) in [4.78, 5) is 26.8. The predicted octanol–water partition coefficient (Wildman–Crippen LogP) is 3.23. The van der Waals surface area contributed by atoms with Crippen LogP contribution >= 0.6 is 11.8 Å². The van der Waals surface area contributed by atoms with Crippen LogP contribution in [0.4, 0.5) is 0 Å². The summed E-state index contributed by atoms with van der Waals surface area (Å²) in [5, 5.41) is 21.9. The van der Waals surface area contributed by atoms with E-state index >= 15 is 0 Å². The number of benzene rings is 1. The molecule has 0 radical (unpaired) electrons. The SMILES string of the molecule is CC1(C)C(C#N)=C(SCC(=O)N2CCC(Cc3ccccc3)CC2)NC(=O)[C@H]1C#N. The molecule has 2 aliphatic heterocycles. The van der Waals surface area contributed by atoms with Crippen molar-refractivity contribution in [2.24, 2.45) is 17.3 Å². The van der Waals surface area contributed by atoms with Gasteiger partial charge in [-0.2, -0.15) is 10.5 Å². The molecule has 1 fully saturated rings. The van der Waals surface area contributed by atoms with E-state index in [1.807, 2.05) is 17.0 Å². The molecule has 0 spiro atoms. The maximum atomic E-state index is 12.7. The molecule has 156 valence electrons. The van der Waals surface area contributed by atoms with Crippen LogP contribution in [0.1, 0.15) is 32.3 Å². The Kier molecular flexibility index (Phi) is 6.84. The summed E-state index contributed by atoms with van der Waals surface area (Å²) >= 11 is 1.18. The van der Waals surface area contributed by atoms with Gasteiger partial charge in [0.1, 0.15) is 5.92 Å². The molecule has 1 atom stereocenters. The number of carbonyl (C=O) groups excluding carboxylic acids is 2. The van der Waals surface area contributed by atoms with E-state index in [1.165, 1.54) is 17.3 Å². The van der Waals surface area contributed by atoms with Crippen molar-refractivity contribution in [3.05, 3.63) is 46.5 Å². The van der Waals surface area contributed by atoms with Gasteiger partial charge in [0.2, 0.25) is 11.8 Å². The second-order valence-electron chi connectivity index (χ2n) is 8.39. The minimum absolute atomic E-state index is 0.0115. The molecule has 1 saturated heterocycles. The van der Waals surface area contributed by atoms with Crippen molar-refractivity contribution < 1.29 is 9.59 Å². The van der Waals surface area contributed by atoms with Crippen LogP contribution < -0.4 is 5.32 Å². The lowest BCUT2D eigenvalue weighted by Crippen LogP contribution is -2.45. The van der Waals surface area contributed by atoms with E-state index in [4.69, 9.17) is 0 Å². The van der Waals surface area contributed by atoms with E-state index in [1.54, 1.807) is 13.8 Å². The zero-order chi connectivity index (χ0) is 21.7. The van der Waals surface area contributed by atoms with Gasteiger partial charge in [-0.05, 0) is 30.7 Å². The lowest BCUT2D eigenvalue weighted by Gasteiger charge is -2.35. The van der Waals surface area contributed by atoms with Crippen molar-refractivity contribution >= 4 is 23.6 Å². The van der Waals surface area contributed by atoms with Crippen molar-refractivity contribution in [1.29, 1.82) is 10.5 Å². The topological polar surface area (TPSA) is 97.0 Å². The number of nitrogens with zero attached hydrogens (tertiary/aromatic N) is 3. The number of allylic oxidation sites excluding steroid dienone is 1. The van der Waals surface area contributed by atoms with Crippen molar-refractivity contribution in [3.8, 4) is 12.1 Å². The van der Waals surface area contributed by atoms with E-state index in [-0.39, 0.29) is 11.7 Å². The zero-order valence-electron chi connectivity index (χ0n) is 17.4. The summed E-state index contributed by atoms with van der Waals surface area (Å²) in [6, 6.07) is 14.5. The monoisotopic (exact) mass is 422 g/mol. The van der Waals surface area contributed by atoms with Crippen LogP contribution in [0.5, 0.6) is 0 Å². The number of thioether (sulfide) groups is 1. The first-order valence-corrected chi connectivity index (χ1v) is 11.1. The Balaban J connectivity index is 1.56. The number of hydrogen-bond donors (Lipinski definition) is 1. The summed E-state index contributed by atoms with van der Waals surface area (Å²) in [5.41, 5.74) is 0.806. The number of rotatable bonds is 5. The summed E-state index contributed by atoms with van der Waals surface area (Å²) in [7, 11) is 0. The molecule has 2 aliphatic rings. The number of nitriles is 2. The third-order valence-corrected chi connectivity index (χ3v) is 6.99. The van der Waals surface area contributed by atoms with Gasteiger partial charge in [-0.15, -0.1) is 0 Å². The van der Waals surface area contributed by atoms with Gasteiger partial charge in [-0.1, -0.05) is 55.9 Å². The van der Waals surface area contributed by atoms with Crippen LogP contribution in [0, 0.1) is 39.9 Å². The first-order valence-electron chi connectivity index (χ1n) is 10.2. The number of nitrogens with one attached hydrogen (secondary N) is 1. The molecule has 2 amide bonds. The standard InChI is InChI=1S/C23H26N4O2S/c1-23(2)18(13-24)21(29)26-22(19(23)14-25)30-15-20(28)27-10-8-17(9-11-27)12-16-6-4-3-5-7-16/h3-7,17-18H,8-12,15H2,1-2H3,(H,26,29)/t18-/m1/s1. The lowest BCUT2D eigenvalue weighted by molar-refractivity contribution is -0.129. The molecular weight excluding hydrogens is 396 g/mol. The van der Waals surface area contributed by atoms with Gasteiger partial charge in [-0.3, -0.25) is 9.59 Å². The third-order valence-electron chi connectivity index (χ3n) is 6.01. The van der Waals surface area contributed by atoms with E-state index in [0.717, 1.165) is 32.4 Å². The van der Waals surface area contributed by atoms with Crippen molar-refractivity contribution in [2.45, 2.75) is 33.1 Å². The number of piperidine rings is 1. The summed E-state index contributed by atoms with van der Waals surface area (Å²) in [6.45, 7) is 4.90. The van der Waals surface area contributed by atoms with Crippen LogP contribution in [0.25, 0.3) is 0 Å². The fraction of sp³-hybridized carbons (Fsp3) is 0.478. The lowest BCUT2D eigenvalue weighted by atomic mass is 9.72. The van der Waals surface area contributed by atoms with E-state index in [2.05, 4.69) is 35.7 Å². The normalized spacial score (nSPS) is 21.5. The second-order valence-corrected chi connectivity index (χ2v) is 9.38. The highest BCUT2D eigenvalue weighted by molar-refractivity contribution is 8.03. The zero-order valence-corrected chi connectivity index (χ0v) is 18.2. The quantitative estimate of drug-likeness (QED) is 0.786. The largest absolute Gasteiger partial charge is 0.342 e. The van der Waals surface area contributed by atoms with Gasteiger partial charge in [0.15, 0.2) is 0 Å². The maximum absolute atomic E-state index is 12.7. The molecule has 30 heavy (non-hydrogen) atoms. The fourth-order valence-corrected chi connectivity index (χ4v) is 5.17. The van der Waals surface area contributed by atoms with Crippen LogP contribution in [0.2, 0.25) is 0 Å². The Hall–Kier alpha value is -2.77. The molecular formula is C23H26N4O2S. The van der Waals surface area contributed by atoms with E-state index in [0.29, 0.717) is 16.5 Å². The van der Waals surface area contributed by atoms with Crippen LogP contribution in [-0.4, -0.2) is 35.6 Å². The van der Waals surface area contributed by atoms with Gasteiger partial charge in [0, 0.05) is 18.5 Å². The Morgan fingerprint density at radius 1 is 1.23 bits per heavy atom. The average Bonchev–Trinajstić information content (AvgIpc) is 2.73. The van der Waals surface area contributed by atoms with E-state index in [9.17, 15) is 20.1 Å². The Bertz CT molecular complexity index is 919. The van der Waals surface area contributed by atoms with Crippen molar-refractivity contribution in [3.63, 3.8) is 0 Å². The molecule has 3 rings (SSSR count). The van der Waals surface area contributed by atoms with Crippen LogP contribution in [0.15, 0.2) is 40.9 Å².